The number of hydrogen-bond donors (Lipinski definition) is 1. The Morgan fingerprint density at radius 2 is 1.53 bits per heavy atom. The summed E-state index contributed by atoms with van der Waals surface area (Å²) in [4.78, 5) is 30.7. The summed E-state index contributed by atoms with van der Waals surface area (Å²) < 4.78 is 0. The Balaban J connectivity index is 1.03. The minimum Gasteiger partial charge on any atom is -0.352 e. The molecule has 5 heteroatoms. The molecule has 6 fully saturated rings. The lowest BCUT2D eigenvalue weighted by Gasteiger charge is -2.55. The van der Waals surface area contributed by atoms with Gasteiger partial charge in [-0.2, -0.15) is 0 Å². The van der Waals surface area contributed by atoms with Gasteiger partial charge in [-0.25, -0.2) is 0 Å². The number of likely N-dealkylation sites (tertiary alicyclic amines) is 2. The zero-order valence-electron chi connectivity index (χ0n) is 19.2. The van der Waals surface area contributed by atoms with Crippen LogP contribution >= 0.6 is 0 Å². The highest BCUT2D eigenvalue weighted by Crippen LogP contribution is 2.60. The average molecular weight is 436 g/mol. The number of rotatable bonds is 5. The van der Waals surface area contributed by atoms with Crippen molar-refractivity contribution in [2.45, 2.75) is 70.4 Å². The van der Waals surface area contributed by atoms with E-state index < -0.39 is 0 Å². The summed E-state index contributed by atoms with van der Waals surface area (Å²) in [6.07, 6.45) is 11.1. The SMILES string of the molecule is O=C(c1ccc(CNC(=O)C23CC4CC(CC(C4)C2)C3)cc1)N1CCC(N2CCCC2)C1. The third kappa shape index (κ3) is 3.76. The molecule has 6 aliphatic rings. The number of nitrogens with zero attached hydrogens (tertiary/aromatic N) is 2. The monoisotopic (exact) mass is 435 g/mol. The Hall–Kier alpha value is -1.88. The van der Waals surface area contributed by atoms with Gasteiger partial charge in [-0.15, -0.1) is 0 Å². The lowest BCUT2D eigenvalue weighted by molar-refractivity contribution is -0.146. The van der Waals surface area contributed by atoms with E-state index in [-0.39, 0.29) is 17.2 Å². The van der Waals surface area contributed by atoms with E-state index in [2.05, 4.69) is 10.2 Å². The number of carbonyl (C=O) groups excluding carboxylic acids is 2. The van der Waals surface area contributed by atoms with Crippen molar-refractivity contribution in [2.24, 2.45) is 23.2 Å². The van der Waals surface area contributed by atoms with E-state index in [1.165, 1.54) is 45.2 Å². The van der Waals surface area contributed by atoms with Crippen LogP contribution in [0, 0.1) is 23.2 Å². The third-order valence-electron chi connectivity index (χ3n) is 9.28. The second-order valence-corrected chi connectivity index (χ2v) is 11.5. The van der Waals surface area contributed by atoms with Crippen LogP contribution < -0.4 is 5.32 Å². The molecule has 1 N–H and O–H groups in total. The van der Waals surface area contributed by atoms with Crippen LogP contribution in [-0.2, 0) is 11.3 Å². The highest BCUT2D eigenvalue weighted by molar-refractivity contribution is 5.94. The molecule has 2 heterocycles. The van der Waals surface area contributed by atoms with Gasteiger partial charge in [0.25, 0.3) is 5.91 Å². The van der Waals surface area contributed by atoms with Gasteiger partial charge >= 0.3 is 0 Å². The molecule has 2 amide bonds. The van der Waals surface area contributed by atoms with Crippen molar-refractivity contribution in [3.63, 3.8) is 0 Å². The summed E-state index contributed by atoms with van der Waals surface area (Å²) in [5.41, 5.74) is 1.76. The molecule has 4 bridgehead atoms. The van der Waals surface area contributed by atoms with Gasteiger partial charge in [0.1, 0.15) is 0 Å². The van der Waals surface area contributed by atoms with E-state index in [1.54, 1.807) is 0 Å². The van der Waals surface area contributed by atoms with Crippen molar-refractivity contribution in [2.75, 3.05) is 26.2 Å². The largest absolute Gasteiger partial charge is 0.352 e. The van der Waals surface area contributed by atoms with E-state index in [0.29, 0.717) is 12.6 Å². The zero-order chi connectivity index (χ0) is 21.7. The second kappa shape index (κ2) is 8.16. The summed E-state index contributed by atoms with van der Waals surface area (Å²) >= 11 is 0. The Bertz CT molecular complexity index is 838. The molecule has 0 aromatic heterocycles. The third-order valence-corrected chi connectivity index (χ3v) is 9.28. The van der Waals surface area contributed by atoms with Crippen LogP contribution in [0.25, 0.3) is 0 Å². The maximum absolute atomic E-state index is 13.2. The molecule has 0 spiro atoms. The fourth-order valence-corrected chi connectivity index (χ4v) is 8.04. The minimum atomic E-state index is -0.0910. The van der Waals surface area contributed by atoms with Crippen LogP contribution in [0.3, 0.4) is 0 Å². The quantitative estimate of drug-likeness (QED) is 0.765. The second-order valence-electron chi connectivity index (χ2n) is 11.5. The lowest BCUT2D eigenvalue weighted by Crippen LogP contribution is -2.53. The van der Waals surface area contributed by atoms with Gasteiger partial charge in [0, 0.05) is 36.7 Å². The van der Waals surface area contributed by atoms with Crippen LogP contribution in [0.2, 0.25) is 0 Å². The van der Waals surface area contributed by atoms with E-state index >= 15 is 0 Å². The molecule has 4 saturated carbocycles. The summed E-state index contributed by atoms with van der Waals surface area (Å²) in [6, 6.07) is 8.46. The van der Waals surface area contributed by atoms with Gasteiger partial charge in [0.15, 0.2) is 0 Å². The van der Waals surface area contributed by atoms with Crippen molar-refractivity contribution in [1.82, 2.24) is 15.1 Å². The van der Waals surface area contributed by atoms with Crippen LogP contribution in [0.1, 0.15) is 73.7 Å². The van der Waals surface area contributed by atoms with Crippen LogP contribution in [0.15, 0.2) is 24.3 Å². The standard InChI is InChI=1S/C27H37N3O2/c31-25(30-10-7-24(18-30)29-8-1-2-9-29)23-5-3-19(4-6-23)17-28-26(32)27-14-20-11-21(15-27)13-22(12-20)16-27/h3-6,20-22,24H,1-2,7-18H2,(H,28,32). The first-order valence-corrected chi connectivity index (χ1v) is 13.0. The van der Waals surface area contributed by atoms with Crippen molar-refractivity contribution < 1.29 is 9.59 Å². The number of nitrogens with one attached hydrogen (secondary N) is 1. The predicted molar refractivity (Wildman–Crippen MR) is 124 cm³/mol. The average Bonchev–Trinajstić information content (AvgIpc) is 3.48. The molecule has 32 heavy (non-hydrogen) atoms. The van der Waals surface area contributed by atoms with E-state index in [0.717, 1.165) is 67.7 Å². The number of carbonyl (C=O) groups is 2. The van der Waals surface area contributed by atoms with Crippen molar-refractivity contribution in [1.29, 1.82) is 0 Å². The van der Waals surface area contributed by atoms with Crippen molar-refractivity contribution in [3.05, 3.63) is 35.4 Å². The highest BCUT2D eigenvalue weighted by Gasteiger charge is 2.54. The molecular formula is C27H37N3O2. The Morgan fingerprint density at radius 1 is 0.906 bits per heavy atom. The number of hydrogen-bond acceptors (Lipinski definition) is 3. The first-order valence-electron chi connectivity index (χ1n) is 13.0. The summed E-state index contributed by atoms with van der Waals surface area (Å²) in [5, 5.41) is 3.26. The molecular weight excluding hydrogens is 398 g/mol. The Morgan fingerprint density at radius 3 is 2.16 bits per heavy atom. The molecule has 2 saturated heterocycles. The lowest BCUT2D eigenvalue weighted by atomic mass is 9.49. The fraction of sp³-hybridized carbons (Fsp3) is 0.704. The van der Waals surface area contributed by atoms with Gasteiger partial charge in [-0.05, 0) is 106 Å². The van der Waals surface area contributed by atoms with E-state index in [1.807, 2.05) is 29.2 Å². The number of benzene rings is 1. The molecule has 172 valence electrons. The van der Waals surface area contributed by atoms with Gasteiger partial charge in [-0.1, -0.05) is 12.1 Å². The first kappa shape index (κ1) is 20.7. The van der Waals surface area contributed by atoms with Gasteiger partial charge in [0.05, 0.1) is 0 Å². The van der Waals surface area contributed by atoms with Crippen molar-refractivity contribution in [3.8, 4) is 0 Å². The maximum Gasteiger partial charge on any atom is 0.253 e. The summed E-state index contributed by atoms with van der Waals surface area (Å²) in [6.45, 7) is 4.67. The molecule has 1 unspecified atom stereocenters. The Labute approximate surface area is 191 Å². The van der Waals surface area contributed by atoms with Crippen molar-refractivity contribution >= 4 is 11.8 Å². The molecule has 2 aliphatic heterocycles. The molecule has 1 atom stereocenters. The summed E-state index contributed by atoms with van der Waals surface area (Å²) in [5.74, 6) is 2.78. The van der Waals surface area contributed by atoms with E-state index in [4.69, 9.17) is 0 Å². The molecule has 5 nitrogen and oxygen atoms in total. The molecule has 1 aromatic carbocycles. The molecule has 4 aliphatic carbocycles. The van der Waals surface area contributed by atoms with Gasteiger partial charge in [0.2, 0.25) is 5.91 Å². The van der Waals surface area contributed by atoms with Crippen LogP contribution in [0.4, 0.5) is 0 Å². The topological polar surface area (TPSA) is 52.7 Å². The smallest absolute Gasteiger partial charge is 0.253 e. The first-order chi connectivity index (χ1) is 15.6. The normalized spacial score (nSPS) is 36.1. The molecule has 7 rings (SSSR count). The summed E-state index contributed by atoms with van der Waals surface area (Å²) in [7, 11) is 0. The van der Waals surface area contributed by atoms with Gasteiger partial charge in [-0.3, -0.25) is 14.5 Å². The highest BCUT2D eigenvalue weighted by atomic mass is 16.2. The van der Waals surface area contributed by atoms with Gasteiger partial charge < -0.3 is 10.2 Å². The van der Waals surface area contributed by atoms with Crippen LogP contribution in [0.5, 0.6) is 0 Å². The minimum absolute atomic E-state index is 0.0910. The predicted octanol–water partition coefficient (Wildman–Crippen LogP) is 3.83. The maximum atomic E-state index is 13.2. The van der Waals surface area contributed by atoms with E-state index in [9.17, 15) is 9.59 Å². The van der Waals surface area contributed by atoms with Crippen LogP contribution in [-0.4, -0.2) is 53.8 Å². The zero-order valence-corrected chi connectivity index (χ0v) is 19.2. The fourth-order valence-electron chi connectivity index (χ4n) is 8.04. The Kier molecular flexibility index (Phi) is 5.28. The molecule has 0 radical (unpaired) electrons. The molecule has 1 aromatic rings. The number of amides is 2.